The van der Waals surface area contributed by atoms with E-state index >= 15 is 0 Å². The zero-order valence-corrected chi connectivity index (χ0v) is 7.13. The molecule has 0 spiro atoms. The van der Waals surface area contributed by atoms with Crippen molar-refractivity contribution in [3.05, 3.63) is 10.4 Å². The molecule has 5 nitrogen and oxygen atoms in total. The smallest absolute Gasteiger partial charge is 0.198 e. The standard InChI is InChI=1S/C6H6N4OS/c1-3-8-4(2-12-3)5-6(7)10-11-9-5/h2H,1H3,(H2,7,10). The minimum atomic E-state index is 0.278. The molecule has 2 aromatic heterocycles. The molecule has 0 aromatic carbocycles. The van der Waals surface area contributed by atoms with Crippen molar-refractivity contribution in [3.63, 3.8) is 0 Å². The summed E-state index contributed by atoms with van der Waals surface area (Å²) in [6, 6.07) is 0. The first-order valence-corrected chi connectivity index (χ1v) is 4.16. The molecule has 0 radical (unpaired) electrons. The average molecular weight is 182 g/mol. The Labute approximate surface area is 72.2 Å². The minimum absolute atomic E-state index is 0.278. The molecule has 2 aromatic rings. The van der Waals surface area contributed by atoms with Crippen LogP contribution in [0.15, 0.2) is 10.0 Å². The molecule has 2 N–H and O–H groups in total. The van der Waals surface area contributed by atoms with E-state index in [0.29, 0.717) is 5.69 Å². The van der Waals surface area contributed by atoms with Gasteiger partial charge in [0.05, 0.1) is 5.01 Å². The Kier molecular flexibility index (Phi) is 1.54. The molecule has 62 valence electrons. The number of aryl methyl sites for hydroxylation is 1. The molecule has 2 heterocycles. The van der Waals surface area contributed by atoms with E-state index in [9.17, 15) is 0 Å². The van der Waals surface area contributed by atoms with Crippen molar-refractivity contribution in [1.29, 1.82) is 0 Å². The van der Waals surface area contributed by atoms with Gasteiger partial charge in [-0.25, -0.2) is 9.61 Å². The van der Waals surface area contributed by atoms with Gasteiger partial charge >= 0.3 is 0 Å². The first-order valence-electron chi connectivity index (χ1n) is 3.28. The quantitative estimate of drug-likeness (QED) is 0.714. The van der Waals surface area contributed by atoms with Crippen LogP contribution in [0.2, 0.25) is 0 Å². The maximum Gasteiger partial charge on any atom is 0.198 e. The van der Waals surface area contributed by atoms with Gasteiger partial charge in [0.1, 0.15) is 5.69 Å². The summed E-state index contributed by atoms with van der Waals surface area (Å²) >= 11 is 1.54. The van der Waals surface area contributed by atoms with Crippen LogP contribution in [0.4, 0.5) is 5.82 Å². The zero-order valence-electron chi connectivity index (χ0n) is 6.31. The number of aromatic nitrogens is 3. The lowest BCUT2D eigenvalue weighted by Gasteiger charge is -1.85. The zero-order chi connectivity index (χ0) is 8.55. The van der Waals surface area contributed by atoms with Crippen molar-refractivity contribution in [2.75, 3.05) is 5.73 Å². The van der Waals surface area contributed by atoms with Crippen molar-refractivity contribution < 1.29 is 4.63 Å². The largest absolute Gasteiger partial charge is 0.379 e. The van der Waals surface area contributed by atoms with Gasteiger partial charge in [-0.3, -0.25) is 0 Å². The molecule has 12 heavy (non-hydrogen) atoms. The van der Waals surface area contributed by atoms with Crippen LogP contribution in [0.25, 0.3) is 11.4 Å². The molecule has 0 aliphatic carbocycles. The predicted molar refractivity (Wildman–Crippen MR) is 44.6 cm³/mol. The Morgan fingerprint density at radius 1 is 1.50 bits per heavy atom. The van der Waals surface area contributed by atoms with Crippen molar-refractivity contribution in [2.24, 2.45) is 0 Å². The Morgan fingerprint density at radius 3 is 2.83 bits per heavy atom. The van der Waals surface area contributed by atoms with Crippen LogP contribution in [0.5, 0.6) is 0 Å². The molecule has 0 unspecified atom stereocenters. The third-order valence-electron chi connectivity index (χ3n) is 1.38. The van der Waals surface area contributed by atoms with Gasteiger partial charge < -0.3 is 5.73 Å². The van der Waals surface area contributed by atoms with Crippen LogP contribution in [0, 0.1) is 6.92 Å². The third-order valence-corrected chi connectivity index (χ3v) is 2.15. The van der Waals surface area contributed by atoms with Gasteiger partial charge in [-0.2, -0.15) is 0 Å². The normalized spacial score (nSPS) is 10.4. The average Bonchev–Trinajstić information content (AvgIpc) is 2.58. The lowest BCUT2D eigenvalue weighted by Crippen LogP contribution is -1.88. The third kappa shape index (κ3) is 1.06. The summed E-state index contributed by atoms with van der Waals surface area (Å²) in [5.41, 5.74) is 6.71. The summed E-state index contributed by atoms with van der Waals surface area (Å²) in [6.45, 7) is 1.91. The summed E-state index contributed by atoms with van der Waals surface area (Å²) < 4.78 is 4.45. The van der Waals surface area contributed by atoms with Crippen molar-refractivity contribution in [3.8, 4) is 11.4 Å². The van der Waals surface area contributed by atoms with Crippen LogP contribution >= 0.6 is 11.3 Å². The van der Waals surface area contributed by atoms with Crippen LogP contribution < -0.4 is 5.73 Å². The summed E-state index contributed by atoms with van der Waals surface area (Å²) in [5.74, 6) is 0.278. The van der Waals surface area contributed by atoms with Gasteiger partial charge in [0, 0.05) is 5.38 Å². The molecular weight excluding hydrogens is 176 g/mol. The molecule has 0 saturated heterocycles. The highest BCUT2D eigenvalue weighted by molar-refractivity contribution is 7.09. The second-order valence-electron chi connectivity index (χ2n) is 2.25. The molecule has 0 atom stereocenters. The van der Waals surface area contributed by atoms with Crippen LogP contribution in [0.1, 0.15) is 5.01 Å². The second-order valence-corrected chi connectivity index (χ2v) is 3.31. The van der Waals surface area contributed by atoms with E-state index in [1.807, 2.05) is 12.3 Å². The Morgan fingerprint density at radius 2 is 2.33 bits per heavy atom. The van der Waals surface area contributed by atoms with E-state index in [4.69, 9.17) is 5.73 Å². The monoisotopic (exact) mass is 182 g/mol. The van der Waals surface area contributed by atoms with Crippen LogP contribution in [-0.4, -0.2) is 15.3 Å². The fourth-order valence-corrected chi connectivity index (χ4v) is 1.44. The second kappa shape index (κ2) is 2.56. The molecule has 0 bridgehead atoms. The number of nitrogens with two attached hydrogens (primary N) is 1. The van der Waals surface area contributed by atoms with Gasteiger partial charge in [0.2, 0.25) is 0 Å². The van der Waals surface area contributed by atoms with E-state index in [2.05, 4.69) is 19.9 Å². The molecule has 2 rings (SSSR count). The van der Waals surface area contributed by atoms with E-state index in [1.165, 1.54) is 11.3 Å². The van der Waals surface area contributed by atoms with Gasteiger partial charge in [-0.15, -0.1) is 11.3 Å². The fraction of sp³-hybridized carbons (Fsp3) is 0.167. The summed E-state index contributed by atoms with van der Waals surface area (Å²) in [7, 11) is 0. The van der Waals surface area contributed by atoms with E-state index < -0.39 is 0 Å². The summed E-state index contributed by atoms with van der Waals surface area (Å²) in [6.07, 6.45) is 0. The molecule has 0 amide bonds. The molecule has 6 heteroatoms. The number of nitrogen functional groups attached to an aromatic ring is 1. The summed E-state index contributed by atoms with van der Waals surface area (Å²) in [5, 5.41) is 9.92. The highest BCUT2D eigenvalue weighted by Crippen LogP contribution is 2.22. The van der Waals surface area contributed by atoms with E-state index in [1.54, 1.807) is 0 Å². The first kappa shape index (κ1) is 7.23. The SMILES string of the molecule is Cc1nc(-c2nonc2N)cs1. The Balaban J connectivity index is 2.50. The van der Waals surface area contributed by atoms with Gasteiger partial charge in [0.15, 0.2) is 11.5 Å². The lowest BCUT2D eigenvalue weighted by molar-refractivity contribution is 0.310. The lowest BCUT2D eigenvalue weighted by atomic mass is 10.3. The van der Waals surface area contributed by atoms with Gasteiger partial charge in [-0.05, 0) is 17.2 Å². The van der Waals surface area contributed by atoms with Crippen molar-refractivity contribution in [1.82, 2.24) is 15.3 Å². The molecular formula is C6H6N4OS. The topological polar surface area (TPSA) is 77.8 Å². The van der Waals surface area contributed by atoms with Crippen LogP contribution in [-0.2, 0) is 0 Å². The molecule has 0 fully saturated rings. The minimum Gasteiger partial charge on any atom is -0.379 e. The maximum atomic E-state index is 5.48. The highest BCUT2D eigenvalue weighted by atomic mass is 32.1. The van der Waals surface area contributed by atoms with E-state index in [-0.39, 0.29) is 5.82 Å². The number of rotatable bonds is 1. The van der Waals surface area contributed by atoms with Crippen molar-refractivity contribution >= 4 is 17.2 Å². The van der Waals surface area contributed by atoms with Crippen molar-refractivity contribution in [2.45, 2.75) is 6.92 Å². The van der Waals surface area contributed by atoms with E-state index in [0.717, 1.165) is 10.7 Å². The fourth-order valence-electron chi connectivity index (χ4n) is 0.845. The maximum absolute atomic E-state index is 5.48. The predicted octanol–water partition coefficient (Wildman–Crippen LogP) is 1.08. The van der Waals surface area contributed by atoms with Gasteiger partial charge in [0.25, 0.3) is 0 Å². The number of hydrogen-bond acceptors (Lipinski definition) is 6. The molecule has 0 aliphatic rings. The number of anilines is 1. The number of hydrogen-bond donors (Lipinski definition) is 1. The van der Waals surface area contributed by atoms with Crippen LogP contribution in [0.3, 0.4) is 0 Å². The molecule has 0 aliphatic heterocycles. The molecule has 0 saturated carbocycles. The first-order chi connectivity index (χ1) is 5.77. The number of thiazole rings is 1. The highest BCUT2D eigenvalue weighted by Gasteiger charge is 2.11. The Hall–Kier alpha value is -1.43. The Bertz CT molecular complexity index is 394. The summed E-state index contributed by atoms with van der Waals surface area (Å²) in [4.78, 5) is 4.19. The number of nitrogens with zero attached hydrogens (tertiary/aromatic N) is 3. The van der Waals surface area contributed by atoms with Gasteiger partial charge in [-0.1, -0.05) is 0 Å².